The minimum atomic E-state index is -0.391. The first-order valence-corrected chi connectivity index (χ1v) is 10.6. The third kappa shape index (κ3) is 2.27. The molecule has 0 aromatic rings. The average Bonchev–Trinajstić information content (AvgIpc) is 2.84. The summed E-state index contributed by atoms with van der Waals surface area (Å²) in [5.41, 5.74) is 0.0239. The fourth-order valence-corrected chi connectivity index (χ4v) is 7.79. The summed E-state index contributed by atoms with van der Waals surface area (Å²) in [4.78, 5) is 12.5. The Hall–Kier alpha value is -0.370. The number of aliphatic hydroxyl groups is 1. The Morgan fingerprint density at radius 1 is 1.04 bits per heavy atom. The topological polar surface area (TPSA) is 37.3 Å². The predicted molar refractivity (Wildman–Crippen MR) is 96.6 cm³/mol. The van der Waals surface area contributed by atoms with E-state index in [1.807, 2.05) is 0 Å². The number of carbonyl (C=O) groups is 1. The molecule has 0 amide bonds. The Morgan fingerprint density at radius 2 is 1.83 bits per heavy atom. The van der Waals surface area contributed by atoms with Gasteiger partial charge in [0.15, 0.2) is 0 Å². The maximum Gasteiger partial charge on any atom is 0.139 e. The molecule has 4 saturated carbocycles. The molecule has 24 heavy (non-hydrogen) atoms. The van der Waals surface area contributed by atoms with E-state index in [-0.39, 0.29) is 5.41 Å². The molecule has 136 valence electrons. The zero-order valence-corrected chi connectivity index (χ0v) is 15.9. The Morgan fingerprint density at radius 3 is 2.58 bits per heavy atom. The number of Topliss-reactive ketones (excluding diaryl/α,β-unsaturated/α-hetero) is 1. The van der Waals surface area contributed by atoms with Crippen LogP contribution < -0.4 is 0 Å². The van der Waals surface area contributed by atoms with Gasteiger partial charge in [-0.1, -0.05) is 27.2 Å². The van der Waals surface area contributed by atoms with Crippen LogP contribution in [0.5, 0.6) is 0 Å². The number of hydrogen-bond donors (Lipinski definition) is 1. The maximum absolute atomic E-state index is 12.5. The van der Waals surface area contributed by atoms with Gasteiger partial charge in [0.25, 0.3) is 0 Å². The molecule has 0 aromatic carbocycles. The summed E-state index contributed by atoms with van der Waals surface area (Å²) >= 11 is 0. The van der Waals surface area contributed by atoms with Crippen molar-refractivity contribution in [2.45, 2.75) is 97.0 Å². The monoisotopic (exact) mass is 332 g/mol. The van der Waals surface area contributed by atoms with E-state index < -0.39 is 5.60 Å². The number of hydrogen-bond acceptors (Lipinski definition) is 2. The Balaban J connectivity index is 1.58. The van der Waals surface area contributed by atoms with Crippen molar-refractivity contribution in [1.82, 2.24) is 0 Å². The minimum absolute atomic E-state index is 0.00196. The van der Waals surface area contributed by atoms with E-state index in [0.29, 0.717) is 23.0 Å². The Bertz CT molecular complexity index is 528. The molecule has 0 aromatic heterocycles. The first-order valence-electron chi connectivity index (χ1n) is 10.6. The van der Waals surface area contributed by atoms with Crippen molar-refractivity contribution in [2.24, 2.45) is 34.5 Å². The van der Waals surface area contributed by atoms with Crippen LogP contribution in [0, 0.1) is 34.5 Å². The molecule has 2 heteroatoms. The molecule has 4 aliphatic carbocycles. The van der Waals surface area contributed by atoms with E-state index >= 15 is 0 Å². The minimum Gasteiger partial charge on any atom is -0.390 e. The molecule has 0 radical (unpaired) electrons. The van der Waals surface area contributed by atoms with Crippen molar-refractivity contribution in [3.8, 4) is 0 Å². The molecule has 0 unspecified atom stereocenters. The van der Waals surface area contributed by atoms with Crippen molar-refractivity contribution in [2.75, 3.05) is 0 Å². The lowest BCUT2D eigenvalue weighted by molar-refractivity contribution is -0.155. The first kappa shape index (κ1) is 17.1. The fraction of sp³-hybridized carbons (Fsp3) is 0.955. The smallest absolute Gasteiger partial charge is 0.139 e. The van der Waals surface area contributed by atoms with Gasteiger partial charge in [0.1, 0.15) is 5.78 Å². The Kier molecular flexibility index (Phi) is 3.95. The standard InChI is InChI=1S/C22H36O2/c1-4-10-22(24)13-12-20(2)15(14-22)5-6-16-17-7-8-19(23)21(17,3)11-9-18(16)20/h15-18,24H,4-14H2,1-3H3/t15-,16+,17+,18+,20+,21+,22-/m1/s1. The summed E-state index contributed by atoms with van der Waals surface area (Å²) in [7, 11) is 0. The van der Waals surface area contributed by atoms with Crippen molar-refractivity contribution >= 4 is 5.78 Å². The van der Waals surface area contributed by atoms with E-state index in [9.17, 15) is 9.90 Å². The molecule has 4 rings (SSSR count). The molecule has 4 aliphatic rings. The van der Waals surface area contributed by atoms with Crippen LogP contribution in [0.1, 0.15) is 91.4 Å². The van der Waals surface area contributed by atoms with Crippen molar-refractivity contribution in [3.63, 3.8) is 0 Å². The number of fused-ring (bicyclic) bond motifs is 5. The SMILES string of the molecule is CCC[C@@]1(O)CC[C@@]2(C)[C@H](CC[C@@H]3[C@@H]2CC[C@]2(C)C(=O)CC[C@@H]32)C1. The zero-order chi connectivity index (χ0) is 17.2. The molecule has 0 aliphatic heterocycles. The summed E-state index contributed by atoms with van der Waals surface area (Å²) in [6.45, 7) is 7.01. The maximum atomic E-state index is 12.5. The second kappa shape index (κ2) is 5.56. The van der Waals surface area contributed by atoms with E-state index in [1.54, 1.807) is 0 Å². The molecule has 0 heterocycles. The molecule has 0 bridgehead atoms. The largest absolute Gasteiger partial charge is 0.390 e. The molecule has 0 spiro atoms. The second-order valence-electron chi connectivity index (χ2n) is 10.3. The van der Waals surface area contributed by atoms with Crippen LogP contribution in [0.4, 0.5) is 0 Å². The lowest BCUT2D eigenvalue weighted by Crippen LogP contribution is -2.55. The van der Waals surface area contributed by atoms with Crippen molar-refractivity contribution < 1.29 is 9.90 Å². The van der Waals surface area contributed by atoms with E-state index in [4.69, 9.17) is 0 Å². The van der Waals surface area contributed by atoms with Gasteiger partial charge in [-0.3, -0.25) is 4.79 Å². The summed E-state index contributed by atoms with van der Waals surface area (Å²) in [6, 6.07) is 0. The number of carbonyl (C=O) groups excluding carboxylic acids is 1. The van der Waals surface area contributed by atoms with Crippen molar-refractivity contribution in [1.29, 1.82) is 0 Å². The molecule has 7 atom stereocenters. The van der Waals surface area contributed by atoms with E-state index in [0.717, 1.165) is 56.8 Å². The summed E-state index contributed by atoms with van der Waals surface area (Å²) < 4.78 is 0. The van der Waals surface area contributed by atoms with Gasteiger partial charge in [0.05, 0.1) is 5.60 Å². The van der Waals surface area contributed by atoms with Gasteiger partial charge in [-0.25, -0.2) is 0 Å². The highest BCUT2D eigenvalue weighted by Crippen LogP contribution is 2.66. The van der Waals surface area contributed by atoms with Crippen LogP contribution in [-0.2, 0) is 4.79 Å². The summed E-state index contributed by atoms with van der Waals surface area (Å²) in [5.74, 6) is 3.47. The van der Waals surface area contributed by atoms with E-state index in [2.05, 4.69) is 20.8 Å². The van der Waals surface area contributed by atoms with Gasteiger partial charge < -0.3 is 5.11 Å². The molecule has 1 N–H and O–H groups in total. The molecular weight excluding hydrogens is 296 g/mol. The second-order valence-corrected chi connectivity index (χ2v) is 10.3. The van der Waals surface area contributed by atoms with Crippen LogP contribution in [0.3, 0.4) is 0 Å². The van der Waals surface area contributed by atoms with E-state index in [1.165, 1.54) is 25.7 Å². The van der Waals surface area contributed by atoms with Gasteiger partial charge >= 0.3 is 0 Å². The van der Waals surface area contributed by atoms with Gasteiger partial charge in [-0.05, 0) is 86.9 Å². The molecular formula is C22H36O2. The van der Waals surface area contributed by atoms with Crippen LogP contribution in [0.25, 0.3) is 0 Å². The highest BCUT2D eigenvalue weighted by atomic mass is 16.3. The van der Waals surface area contributed by atoms with Gasteiger partial charge in [0.2, 0.25) is 0 Å². The summed E-state index contributed by atoms with van der Waals surface area (Å²) in [5, 5.41) is 11.0. The number of rotatable bonds is 2. The van der Waals surface area contributed by atoms with Crippen LogP contribution in [0.2, 0.25) is 0 Å². The zero-order valence-electron chi connectivity index (χ0n) is 15.9. The Labute approximate surface area is 147 Å². The predicted octanol–water partition coefficient (Wildman–Crippen LogP) is 5.13. The van der Waals surface area contributed by atoms with Crippen LogP contribution >= 0.6 is 0 Å². The number of ketones is 1. The van der Waals surface area contributed by atoms with Gasteiger partial charge in [-0.2, -0.15) is 0 Å². The first-order chi connectivity index (χ1) is 11.3. The molecule has 2 nitrogen and oxygen atoms in total. The normalized spacial score (nSPS) is 54.1. The lowest BCUT2D eigenvalue weighted by Gasteiger charge is -2.61. The average molecular weight is 333 g/mol. The van der Waals surface area contributed by atoms with Crippen molar-refractivity contribution in [3.05, 3.63) is 0 Å². The molecule has 0 saturated heterocycles. The van der Waals surface area contributed by atoms with Gasteiger partial charge in [-0.15, -0.1) is 0 Å². The summed E-state index contributed by atoms with van der Waals surface area (Å²) in [6.07, 6.45) is 12.2. The quantitative estimate of drug-likeness (QED) is 0.761. The molecule has 4 fully saturated rings. The van der Waals surface area contributed by atoms with Crippen LogP contribution in [-0.4, -0.2) is 16.5 Å². The third-order valence-corrected chi connectivity index (χ3v) is 9.24. The lowest BCUT2D eigenvalue weighted by atomic mass is 9.44. The fourth-order valence-electron chi connectivity index (χ4n) is 7.79. The highest BCUT2D eigenvalue weighted by molar-refractivity contribution is 5.87. The highest BCUT2D eigenvalue weighted by Gasteiger charge is 2.61. The van der Waals surface area contributed by atoms with Gasteiger partial charge in [0, 0.05) is 11.8 Å². The van der Waals surface area contributed by atoms with Crippen LogP contribution in [0.15, 0.2) is 0 Å². The third-order valence-electron chi connectivity index (χ3n) is 9.24.